The molecular formula is C103H106BrCl7FIN6O18. The van der Waals surface area contributed by atoms with Gasteiger partial charge in [0.2, 0.25) is 0 Å². The van der Waals surface area contributed by atoms with Gasteiger partial charge in [-0.3, -0.25) is 31.9 Å². The van der Waals surface area contributed by atoms with E-state index in [4.69, 9.17) is 110 Å². The monoisotopic (exact) mass is 2180 g/mol. The van der Waals surface area contributed by atoms with Crippen LogP contribution in [0.4, 0.5) is 67.3 Å². The molecule has 0 heterocycles. The molecule has 0 saturated heterocycles. The van der Waals surface area contributed by atoms with Crippen LogP contribution in [0.5, 0.6) is 34.5 Å². The van der Waals surface area contributed by atoms with Crippen molar-refractivity contribution in [3.63, 3.8) is 0 Å². The summed E-state index contributed by atoms with van der Waals surface area (Å²) >= 11 is 49.1. The molecule has 726 valence electrons. The Morgan fingerprint density at radius 1 is 0.263 bits per heavy atom. The minimum absolute atomic E-state index is 0.0752. The van der Waals surface area contributed by atoms with E-state index in [9.17, 15) is 33.2 Å². The second kappa shape index (κ2) is 55.6. The summed E-state index contributed by atoms with van der Waals surface area (Å²) in [6.07, 6.45) is -3.33. The molecule has 0 aliphatic heterocycles. The van der Waals surface area contributed by atoms with E-state index in [-0.39, 0.29) is 31.1 Å². The van der Waals surface area contributed by atoms with Gasteiger partial charge in [0.25, 0.3) is 0 Å². The molecule has 0 unspecified atom stereocenters. The number of amides is 6. The number of ether oxygens (including phenoxy) is 12. The third-order valence-corrected chi connectivity index (χ3v) is 24.8. The highest BCUT2D eigenvalue weighted by Gasteiger charge is 2.21. The van der Waals surface area contributed by atoms with Gasteiger partial charge in [0, 0.05) is 46.4 Å². The lowest BCUT2D eigenvalue weighted by Gasteiger charge is -2.15. The zero-order valence-corrected chi connectivity index (χ0v) is 87.8. The van der Waals surface area contributed by atoms with E-state index in [0.717, 1.165) is 103 Å². The zero-order valence-electron chi connectivity index (χ0n) is 78.8. The average Bonchev–Trinajstić information content (AvgIpc) is 0.837. The van der Waals surface area contributed by atoms with Gasteiger partial charge in [-0.1, -0.05) is 152 Å². The van der Waals surface area contributed by atoms with Gasteiger partial charge in [-0.05, 0) is 318 Å². The number of carbonyl (C=O) groups is 6. The summed E-state index contributed by atoms with van der Waals surface area (Å²) in [5.74, 6) is 3.02. The Morgan fingerprint density at radius 2 is 0.504 bits per heavy atom. The highest BCUT2D eigenvalue weighted by atomic mass is 127. The molecule has 137 heavy (non-hydrogen) atoms. The number of methoxy groups -OCH3 is 6. The lowest BCUT2D eigenvalue weighted by Crippen LogP contribution is -2.14. The molecule has 0 spiro atoms. The van der Waals surface area contributed by atoms with Gasteiger partial charge in [-0.25, -0.2) is 33.2 Å². The van der Waals surface area contributed by atoms with Crippen molar-refractivity contribution in [3.8, 4) is 34.5 Å². The summed E-state index contributed by atoms with van der Waals surface area (Å²) in [6, 6.07) is 56.2. The number of hydrogen-bond donors (Lipinski definition) is 6. The Bertz CT molecular complexity index is 5550. The third-order valence-electron chi connectivity index (χ3n) is 21.0. The van der Waals surface area contributed by atoms with E-state index in [1.54, 1.807) is 54.6 Å². The maximum absolute atomic E-state index is 14.0. The number of benzene rings is 12. The van der Waals surface area contributed by atoms with Crippen molar-refractivity contribution in [2.45, 2.75) is 130 Å². The number of nitrogens with one attached hydrogen (secondary N) is 6. The van der Waals surface area contributed by atoms with E-state index >= 15 is 0 Å². The molecule has 0 aromatic heterocycles. The molecule has 12 aromatic rings. The predicted octanol–water partition coefficient (Wildman–Crippen LogP) is 30.8. The minimum atomic E-state index is -0.680. The second-order valence-electron chi connectivity index (χ2n) is 30.5. The van der Waals surface area contributed by atoms with Crippen LogP contribution in [0.25, 0.3) is 0 Å². The number of anilines is 6. The summed E-state index contributed by atoms with van der Waals surface area (Å²) < 4.78 is 78.3. The van der Waals surface area contributed by atoms with Crippen LogP contribution < -0.4 is 60.3 Å². The van der Waals surface area contributed by atoms with E-state index in [2.05, 4.69) is 98.8 Å². The van der Waals surface area contributed by atoms with Crippen molar-refractivity contribution in [1.29, 1.82) is 0 Å². The van der Waals surface area contributed by atoms with E-state index in [1.807, 2.05) is 211 Å². The van der Waals surface area contributed by atoms with Crippen LogP contribution in [0.3, 0.4) is 0 Å². The molecule has 12 rings (SSSR count). The molecule has 0 saturated carbocycles. The van der Waals surface area contributed by atoms with E-state index < -0.39 is 42.4 Å². The average molecular weight is 2190 g/mol. The molecule has 6 N–H and O–H groups in total. The molecule has 0 fully saturated rings. The van der Waals surface area contributed by atoms with Crippen LogP contribution in [0.15, 0.2) is 193 Å². The summed E-state index contributed by atoms with van der Waals surface area (Å²) in [7, 11) is 7.83. The number of carbonyl (C=O) groups excluding carboxylic acids is 6. The first-order valence-corrected chi connectivity index (χ1v) is 46.4. The van der Waals surface area contributed by atoms with Crippen LogP contribution in [0, 0.1) is 99.4 Å². The van der Waals surface area contributed by atoms with Gasteiger partial charge in [0.15, 0.2) is 0 Å². The second-order valence-corrected chi connectivity index (χ2v) is 35.3. The fourth-order valence-electron chi connectivity index (χ4n) is 12.1. The van der Waals surface area contributed by atoms with Gasteiger partial charge in [0.1, 0.15) is 80.0 Å². The largest absolute Gasteiger partial charge is 0.487 e. The summed E-state index contributed by atoms with van der Waals surface area (Å²) in [5, 5.41) is 19.5. The summed E-state index contributed by atoms with van der Waals surface area (Å²) in [4.78, 5) is 68.5. The van der Waals surface area contributed by atoms with Crippen LogP contribution in [0.2, 0.25) is 35.2 Å². The van der Waals surface area contributed by atoms with Crippen molar-refractivity contribution in [2.75, 3.05) is 74.6 Å². The Kier molecular flexibility index (Phi) is 45.5. The molecule has 0 bridgehead atoms. The molecular weight excluding hydrogens is 2080 g/mol. The Balaban J connectivity index is 0.000000224. The fourth-order valence-corrected chi connectivity index (χ4v) is 15.1. The minimum Gasteiger partial charge on any atom is -0.487 e. The molecule has 34 heteroatoms. The number of para-hydroxylation sites is 1. The molecule has 12 aromatic carbocycles. The van der Waals surface area contributed by atoms with Crippen LogP contribution in [-0.4, -0.2) is 79.2 Å². The highest BCUT2D eigenvalue weighted by molar-refractivity contribution is 14.1. The highest BCUT2D eigenvalue weighted by Crippen LogP contribution is 2.39. The number of halogens is 10. The van der Waals surface area contributed by atoms with Gasteiger partial charge in [-0.2, -0.15) is 0 Å². The fraction of sp³-hybridized carbons (Fsp3) is 0.243. The third kappa shape index (κ3) is 34.7. The lowest BCUT2D eigenvalue weighted by molar-refractivity contribution is 0.186. The van der Waals surface area contributed by atoms with Crippen molar-refractivity contribution < 1.29 is 90.0 Å². The number of rotatable bonds is 24. The standard InChI is InChI=1S/C18H20ClNO3.C17H17BrClNO3.C17H17Cl2NO3.C17H17ClFNO3.C17H17ClINO3.C17H18ClNO3/c1-11-6-5-7-16(20-18(21)22-4)14(11)10-23-17-9-13(3)12(2)8-15(17)19;2*1-10-7-14(19)16(8-11(10)2)23-9-12-13(18)5-4-6-15(12)20-17(21)22-3;2*1-10-7-13(18)16(8-11(10)2)23-9-12-14(19)5-4-6-15(12)20-17(21)22-3;1-11-8-14(18)16(9-12(11)2)22-10-13-6-4-5-7-15(13)19-17(20)21-3/h5-9H,10H2,1-4H3,(H,20,21);4*4-8H,9H2,1-3H3,(H,20,21);4-9H,10H2,1-3H3,(H,19,20). The first-order valence-electron chi connectivity index (χ1n) is 41.8. The Labute approximate surface area is 854 Å². The van der Waals surface area contributed by atoms with Gasteiger partial charge >= 0.3 is 36.6 Å². The summed E-state index contributed by atoms with van der Waals surface area (Å²) in [5.41, 5.74) is 21.8. The number of aryl methyl sites for hydroxylation is 13. The molecule has 0 aliphatic carbocycles. The number of hydrogen-bond acceptors (Lipinski definition) is 18. The first-order chi connectivity index (χ1) is 65.1. The van der Waals surface area contributed by atoms with Gasteiger partial charge < -0.3 is 56.8 Å². The van der Waals surface area contributed by atoms with Crippen LogP contribution >= 0.6 is 120 Å². The van der Waals surface area contributed by atoms with E-state index in [1.165, 1.54) is 54.8 Å². The van der Waals surface area contributed by atoms with Crippen molar-refractivity contribution in [2.24, 2.45) is 0 Å². The van der Waals surface area contributed by atoms with Gasteiger partial charge in [-0.15, -0.1) is 0 Å². The van der Waals surface area contributed by atoms with E-state index in [0.29, 0.717) is 123 Å². The molecule has 0 radical (unpaired) electrons. The zero-order chi connectivity index (χ0) is 101. The maximum atomic E-state index is 14.0. The quantitative estimate of drug-likeness (QED) is 0.0242. The summed E-state index contributed by atoms with van der Waals surface area (Å²) in [6.45, 7) is 27.1. The molecule has 0 aliphatic rings. The Morgan fingerprint density at radius 3 is 0.861 bits per heavy atom. The van der Waals surface area contributed by atoms with Crippen molar-refractivity contribution in [1.82, 2.24) is 0 Å². The van der Waals surface area contributed by atoms with Crippen LogP contribution in [-0.2, 0) is 68.1 Å². The Hall–Kier alpha value is -11.8. The van der Waals surface area contributed by atoms with Crippen LogP contribution in [0.1, 0.15) is 106 Å². The van der Waals surface area contributed by atoms with Gasteiger partial charge in [0.05, 0.1) is 107 Å². The predicted molar refractivity (Wildman–Crippen MR) is 556 cm³/mol. The molecule has 24 nitrogen and oxygen atoms in total. The smallest absolute Gasteiger partial charge is 0.411 e. The lowest BCUT2D eigenvalue weighted by atomic mass is 10.1. The van der Waals surface area contributed by atoms with Crippen molar-refractivity contribution >= 4 is 190 Å². The molecule has 6 amide bonds. The topological polar surface area (TPSA) is 285 Å². The molecule has 0 atom stereocenters. The van der Waals surface area contributed by atoms with Crippen molar-refractivity contribution in [3.05, 3.63) is 343 Å². The first kappa shape index (κ1) is 112. The SMILES string of the molecule is COC(=O)Nc1cccc(Br)c1COc1cc(C)c(C)cc1Cl.COC(=O)Nc1cccc(C)c1COc1cc(C)c(C)cc1Cl.COC(=O)Nc1cccc(Cl)c1COc1cc(C)c(C)cc1Cl.COC(=O)Nc1cccc(F)c1COc1cc(C)c(C)cc1Cl.COC(=O)Nc1cccc(I)c1COc1cc(C)c(C)cc1Cl.COC(=O)Nc1ccccc1COc1cc(C)c(C)cc1Cl. The normalized spacial score (nSPS) is 10.3. The maximum Gasteiger partial charge on any atom is 0.411 e.